The molecule has 1 N–H and O–H groups in total. The van der Waals surface area contributed by atoms with E-state index in [0.29, 0.717) is 0 Å². The van der Waals surface area contributed by atoms with Gasteiger partial charge in [-0.1, -0.05) is 0 Å². The fourth-order valence-corrected chi connectivity index (χ4v) is 1.58. The lowest BCUT2D eigenvalue weighted by Crippen LogP contribution is -2.31. The third kappa shape index (κ3) is 4.46. The van der Waals surface area contributed by atoms with E-state index in [4.69, 9.17) is 4.74 Å². The average Bonchev–Trinajstić information content (AvgIpc) is 2.31. The summed E-state index contributed by atoms with van der Waals surface area (Å²) in [6.45, 7) is 5.20. The van der Waals surface area contributed by atoms with Gasteiger partial charge in [0.15, 0.2) is 0 Å². The van der Waals surface area contributed by atoms with Crippen molar-refractivity contribution in [1.29, 1.82) is 0 Å². The van der Waals surface area contributed by atoms with Gasteiger partial charge in [-0.25, -0.2) is 0 Å². The molecule has 1 atom stereocenters. The minimum atomic E-state index is -0.887. The molecule has 1 aromatic heterocycles. The van der Waals surface area contributed by atoms with Crippen LogP contribution in [0.5, 0.6) is 0 Å². The predicted octanol–water partition coefficient (Wildman–Crippen LogP) is 0.851. The highest BCUT2D eigenvalue weighted by atomic mass is 16.6. The Morgan fingerprint density at radius 1 is 1.53 bits per heavy atom. The third-order valence-electron chi connectivity index (χ3n) is 2.49. The lowest BCUT2D eigenvalue weighted by Gasteiger charge is -2.15. The summed E-state index contributed by atoms with van der Waals surface area (Å²) in [7, 11) is 0. The maximum Gasteiger partial charge on any atom is 0.286 e. The quantitative estimate of drug-likeness (QED) is 0.611. The molecule has 106 valence electrons. The van der Waals surface area contributed by atoms with Crippen molar-refractivity contribution in [3.05, 3.63) is 38.3 Å². The van der Waals surface area contributed by atoms with Crippen LogP contribution in [-0.2, 0) is 11.3 Å². The Morgan fingerprint density at radius 2 is 2.16 bits per heavy atom. The minimum absolute atomic E-state index is 0.0294. The molecule has 0 aromatic carbocycles. The number of rotatable bonds is 6. The van der Waals surface area contributed by atoms with Crippen molar-refractivity contribution in [2.24, 2.45) is 0 Å². The second-order valence-corrected chi connectivity index (χ2v) is 4.63. The molecule has 7 nitrogen and oxygen atoms in total. The largest absolute Gasteiger partial charge is 0.389 e. The summed E-state index contributed by atoms with van der Waals surface area (Å²) in [5.41, 5.74) is -0.255. The second-order valence-electron chi connectivity index (χ2n) is 4.63. The zero-order valence-corrected chi connectivity index (χ0v) is 11.2. The molecule has 1 rings (SSSR count). The van der Waals surface area contributed by atoms with Gasteiger partial charge >= 0.3 is 0 Å². The Morgan fingerprint density at radius 3 is 2.68 bits per heavy atom. The van der Waals surface area contributed by atoms with Crippen molar-refractivity contribution in [2.45, 2.75) is 39.5 Å². The van der Waals surface area contributed by atoms with Gasteiger partial charge in [-0.05, 0) is 20.8 Å². The van der Waals surface area contributed by atoms with Gasteiger partial charge in [0, 0.05) is 11.6 Å². The molecule has 0 saturated carbocycles. The molecule has 0 amide bonds. The van der Waals surface area contributed by atoms with Crippen molar-refractivity contribution in [2.75, 3.05) is 6.61 Å². The van der Waals surface area contributed by atoms with E-state index in [-0.39, 0.29) is 36.1 Å². The lowest BCUT2D eigenvalue weighted by atomic mass is 10.2. The van der Waals surface area contributed by atoms with Crippen molar-refractivity contribution in [3.63, 3.8) is 0 Å². The molecule has 1 aromatic rings. The predicted molar refractivity (Wildman–Crippen MR) is 69.2 cm³/mol. The van der Waals surface area contributed by atoms with E-state index in [2.05, 4.69) is 0 Å². The van der Waals surface area contributed by atoms with E-state index in [0.717, 1.165) is 10.8 Å². The average molecular weight is 270 g/mol. The molecule has 19 heavy (non-hydrogen) atoms. The van der Waals surface area contributed by atoms with Crippen LogP contribution in [-0.4, -0.2) is 33.4 Å². The Hall–Kier alpha value is -1.73. The second kappa shape index (κ2) is 6.44. The summed E-state index contributed by atoms with van der Waals surface area (Å²) >= 11 is 0. The highest BCUT2D eigenvalue weighted by molar-refractivity contribution is 5.30. The van der Waals surface area contributed by atoms with E-state index < -0.39 is 11.0 Å². The molecule has 0 radical (unpaired) electrons. The molecule has 0 aliphatic rings. The van der Waals surface area contributed by atoms with Crippen molar-refractivity contribution >= 4 is 5.69 Å². The van der Waals surface area contributed by atoms with Crippen molar-refractivity contribution < 1.29 is 14.8 Å². The number of ether oxygens (including phenoxy) is 1. The molecular formula is C12H18N2O5. The zero-order valence-electron chi connectivity index (χ0n) is 11.2. The number of nitro groups is 1. The third-order valence-corrected chi connectivity index (χ3v) is 2.49. The fraction of sp³-hybridized carbons (Fsp3) is 0.583. The molecular weight excluding hydrogens is 252 g/mol. The Bertz CT molecular complexity index is 509. The Kier molecular flexibility index (Phi) is 5.20. The van der Waals surface area contributed by atoms with Crippen LogP contribution in [0.15, 0.2) is 17.1 Å². The van der Waals surface area contributed by atoms with E-state index >= 15 is 0 Å². The number of aryl methyl sites for hydroxylation is 1. The number of nitrogens with zero attached hydrogens (tertiary/aromatic N) is 2. The summed E-state index contributed by atoms with van der Waals surface area (Å²) < 4.78 is 6.37. The van der Waals surface area contributed by atoms with Crippen molar-refractivity contribution in [3.8, 4) is 0 Å². The van der Waals surface area contributed by atoms with Gasteiger partial charge in [-0.15, -0.1) is 0 Å². The smallest absolute Gasteiger partial charge is 0.286 e. The van der Waals surface area contributed by atoms with E-state index in [1.807, 2.05) is 13.8 Å². The summed E-state index contributed by atoms with van der Waals surface area (Å²) in [6, 6.07) is 1.22. The maximum atomic E-state index is 11.8. The molecule has 0 fully saturated rings. The van der Waals surface area contributed by atoms with Gasteiger partial charge in [0.1, 0.15) is 0 Å². The van der Waals surface area contributed by atoms with Gasteiger partial charge in [-0.3, -0.25) is 14.9 Å². The van der Waals surface area contributed by atoms with E-state index in [1.165, 1.54) is 13.0 Å². The highest BCUT2D eigenvalue weighted by Crippen LogP contribution is 2.10. The van der Waals surface area contributed by atoms with Crippen LogP contribution in [0.25, 0.3) is 0 Å². The lowest BCUT2D eigenvalue weighted by molar-refractivity contribution is -0.385. The monoisotopic (exact) mass is 270 g/mol. The van der Waals surface area contributed by atoms with Gasteiger partial charge in [0.2, 0.25) is 0 Å². The Balaban J connectivity index is 2.88. The molecule has 7 heteroatoms. The van der Waals surface area contributed by atoms with Gasteiger partial charge in [0.05, 0.1) is 36.5 Å². The van der Waals surface area contributed by atoms with Crippen LogP contribution in [0.1, 0.15) is 19.4 Å². The van der Waals surface area contributed by atoms with Crippen LogP contribution in [0, 0.1) is 17.0 Å². The van der Waals surface area contributed by atoms with Crippen LogP contribution in [0.3, 0.4) is 0 Å². The van der Waals surface area contributed by atoms with Gasteiger partial charge in [0.25, 0.3) is 11.2 Å². The minimum Gasteiger partial charge on any atom is -0.389 e. The van der Waals surface area contributed by atoms with Gasteiger partial charge in [-0.2, -0.15) is 0 Å². The molecule has 1 heterocycles. The van der Waals surface area contributed by atoms with Gasteiger partial charge < -0.3 is 14.4 Å². The first-order valence-electron chi connectivity index (χ1n) is 5.96. The first kappa shape index (κ1) is 15.3. The number of pyridine rings is 1. The fourth-order valence-electron chi connectivity index (χ4n) is 1.58. The number of aliphatic hydroxyl groups is 1. The van der Waals surface area contributed by atoms with Crippen LogP contribution >= 0.6 is 0 Å². The Labute approximate surface area is 110 Å². The highest BCUT2D eigenvalue weighted by Gasteiger charge is 2.14. The summed E-state index contributed by atoms with van der Waals surface area (Å²) in [4.78, 5) is 22.0. The number of hydrogen-bond acceptors (Lipinski definition) is 5. The number of aliphatic hydroxyl groups excluding tert-OH is 1. The molecule has 0 bridgehead atoms. The first-order valence-corrected chi connectivity index (χ1v) is 5.96. The number of hydrogen-bond donors (Lipinski definition) is 1. The van der Waals surface area contributed by atoms with Crippen LogP contribution < -0.4 is 5.56 Å². The van der Waals surface area contributed by atoms with E-state index in [1.54, 1.807) is 0 Å². The molecule has 0 saturated heterocycles. The topological polar surface area (TPSA) is 94.6 Å². The molecule has 1 unspecified atom stereocenters. The van der Waals surface area contributed by atoms with Crippen molar-refractivity contribution in [1.82, 2.24) is 4.57 Å². The summed E-state index contributed by atoms with van der Waals surface area (Å²) in [5.74, 6) is 0. The maximum absolute atomic E-state index is 11.8. The molecule has 0 aliphatic heterocycles. The number of aromatic nitrogens is 1. The summed E-state index contributed by atoms with van der Waals surface area (Å²) in [5, 5.41) is 20.5. The molecule has 0 spiro atoms. The normalized spacial score (nSPS) is 12.7. The van der Waals surface area contributed by atoms with E-state index in [9.17, 15) is 20.0 Å². The molecule has 0 aliphatic carbocycles. The van der Waals surface area contributed by atoms with Crippen LogP contribution in [0.2, 0.25) is 0 Å². The SMILES string of the molecule is Cc1cc([N+](=O)[O-])cn(CC(O)COC(C)C)c1=O. The summed E-state index contributed by atoms with van der Waals surface area (Å²) in [6.07, 6.45) is 0.216. The first-order chi connectivity index (χ1) is 8.81. The van der Waals surface area contributed by atoms with Crippen LogP contribution in [0.4, 0.5) is 5.69 Å². The zero-order chi connectivity index (χ0) is 14.6. The standard InChI is InChI=1S/C12H18N2O5/c1-8(2)19-7-11(15)6-13-5-10(14(17)18)4-9(3)12(13)16/h4-5,8,11,15H,6-7H2,1-3H3.